The molecule has 1 aromatic carbocycles. The average Bonchev–Trinajstić information content (AvgIpc) is 2.66. The third kappa shape index (κ3) is 2.41. The number of carboxylic acid groups (broad SMARTS) is 1. The van der Waals surface area contributed by atoms with Crippen LogP contribution in [0.2, 0.25) is 0 Å². The van der Waals surface area contributed by atoms with Gasteiger partial charge >= 0.3 is 5.97 Å². The molecule has 0 aliphatic heterocycles. The Morgan fingerprint density at radius 3 is 2.83 bits per heavy atom. The van der Waals surface area contributed by atoms with Crippen LogP contribution in [-0.2, 0) is 17.8 Å². The molecule has 5 heteroatoms. The molecule has 1 unspecified atom stereocenters. The Bertz CT molecular complexity index is 590. The molecule has 2 rings (SSSR count). The Balaban J connectivity index is 2.63. The summed E-state index contributed by atoms with van der Waals surface area (Å²) in [4.78, 5) is 15.5. The number of alkyl halides is 1. The molecule has 0 radical (unpaired) electrons. The van der Waals surface area contributed by atoms with Crippen molar-refractivity contribution in [1.29, 1.82) is 0 Å². The van der Waals surface area contributed by atoms with Crippen LogP contribution in [0, 0.1) is 0 Å². The first kappa shape index (κ1) is 13.1. The van der Waals surface area contributed by atoms with Crippen molar-refractivity contribution in [2.24, 2.45) is 0 Å². The van der Waals surface area contributed by atoms with Crippen molar-refractivity contribution in [3.05, 3.63) is 29.6 Å². The third-order valence-corrected chi connectivity index (χ3v) is 3.31. The van der Waals surface area contributed by atoms with E-state index in [1.807, 2.05) is 25.1 Å². The maximum atomic E-state index is 10.9. The van der Waals surface area contributed by atoms with E-state index in [1.165, 1.54) is 5.56 Å². The molecule has 96 valence electrons. The first-order valence-corrected chi connectivity index (χ1v) is 6.79. The molecule has 1 heterocycles. The van der Waals surface area contributed by atoms with Crippen molar-refractivity contribution in [3.8, 4) is 0 Å². The number of nitrogens with zero attached hydrogens (tertiary/aromatic N) is 2. The second-order valence-electron chi connectivity index (χ2n) is 4.24. The number of aryl methyl sites for hydroxylation is 1. The van der Waals surface area contributed by atoms with E-state index in [-0.39, 0.29) is 11.4 Å². The molecular formula is C13H15BrN2O2. The lowest BCUT2D eigenvalue weighted by molar-refractivity contribution is -0.137. The molecule has 4 nitrogen and oxygen atoms in total. The zero-order chi connectivity index (χ0) is 13.3. The second kappa shape index (κ2) is 5.10. The summed E-state index contributed by atoms with van der Waals surface area (Å²) in [7, 11) is 0. The summed E-state index contributed by atoms with van der Waals surface area (Å²) in [5.41, 5.74) is 2.93. The lowest BCUT2D eigenvalue weighted by Crippen LogP contribution is -2.12. The van der Waals surface area contributed by atoms with Crippen LogP contribution in [-0.4, -0.2) is 20.6 Å². The fourth-order valence-corrected chi connectivity index (χ4v) is 2.37. The Labute approximate surface area is 114 Å². The minimum absolute atomic E-state index is 0.0225. The van der Waals surface area contributed by atoms with E-state index >= 15 is 0 Å². The van der Waals surface area contributed by atoms with E-state index in [1.54, 1.807) is 4.57 Å². The van der Waals surface area contributed by atoms with Crippen LogP contribution in [0.3, 0.4) is 0 Å². The molecule has 0 aliphatic carbocycles. The van der Waals surface area contributed by atoms with Gasteiger partial charge in [-0.05, 0) is 31.0 Å². The molecule has 1 N–H and O–H groups in total. The molecule has 0 saturated heterocycles. The molecular weight excluding hydrogens is 296 g/mol. The van der Waals surface area contributed by atoms with Gasteiger partial charge in [0, 0.05) is 0 Å². The van der Waals surface area contributed by atoms with E-state index in [0.29, 0.717) is 0 Å². The summed E-state index contributed by atoms with van der Waals surface area (Å²) in [5.74, 6) is -0.107. The van der Waals surface area contributed by atoms with Gasteiger partial charge in [-0.2, -0.15) is 0 Å². The van der Waals surface area contributed by atoms with Crippen molar-refractivity contribution in [2.45, 2.75) is 31.6 Å². The SMILES string of the molecule is CCc1ccc2c(c1)nc(C(C)Br)n2CC(=O)O. The van der Waals surface area contributed by atoms with Gasteiger partial charge < -0.3 is 9.67 Å². The lowest BCUT2D eigenvalue weighted by Gasteiger charge is -2.07. The predicted molar refractivity (Wildman–Crippen MR) is 74.1 cm³/mol. The topological polar surface area (TPSA) is 55.1 Å². The van der Waals surface area contributed by atoms with Gasteiger partial charge in [-0.1, -0.05) is 28.9 Å². The fraction of sp³-hybridized carbons (Fsp3) is 0.385. The van der Waals surface area contributed by atoms with E-state index in [9.17, 15) is 4.79 Å². The Kier molecular flexibility index (Phi) is 3.71. The zero-order valence-corrected chi connectivity index (χ0v) is 11.9. The normalized spacial score (nSPS) is 12.8. The quantitative estimate of drug-likeness (QED) is 0.883. The van der Waals surface area contributed by atoms with Crippen LogP contribution in [0.1, 0.15) is 30.1 Å². The second-order valence-corrected chi connectivity index (χ2v) is 5.62. The van der Waals surface area contributed by atoms with Gasteiger partial charge in [0.1, 0.15) is 12.4 Å². The fourth-order valence-electron chi connectivity index (χ4n) is 2.02. The van der Waals surface area contributed by atoms with Crippen LogP contribution in [0.15, 0.2) is 18.2 Å². The number of hydrogen-bond donors (Lipinski definition) is 1. The van der Waals surface area contributed by atoms with Crippen LogP contribution in [0.25, 0.3) is 11.0 Å². The number of fused-ring (bicyclic) bond motifs is 1. The van der Waals surface area contributed by atoms with E-state index in [2.05, 4.69) is 27.8 Å². The van der Waals surface area contributed by atoms with E-state index in [4.69, 9.17) is 5.11 Å². The molecule has 1 atom stereocenters. The van der Waals surface area contributed by atoms with Crippen LogP contribution >= 0.6 is 15.9 Å². The summed E-state index contributed by atoms with van der Waals surface area (Å²) in [6.07, 6.45) is 0.945. The Hall–Kier alpha value is -1.36. The third-order valence-electron chi connectivity index (χ3n) is 2.90. The van der Waals surface area contributed by atoms with Gasteiger partial charge in [0.2, 0.25) is 0 Å². The molecule has 0 fully saturated rings. The average molecular weight is 311 g/mol. The van der Waals surface area contributed by atoms with Gasteiger partial charge in [0.25, 0.3) is 0 Å². The predicted octanol–water partition coefficient (Wildman–Crippen LogP) is 3.14. The highest BCUT2D eigenvalue weighted by Crippen LogP contribution is 2.26. The Morgan fingerprint density at radius 2 is 2.28 bits per heavy atom. The maximum absolute atomic E-state index is 10.9. The maximum Gasteiger partial charge on any atom is 0.323 e. The van der Waals surface area contributed by atoms with Crippen molar-refractivity contribution in [1.82, 2.24) is 9.55 Å². The first-order chi connectivity index (χ1) is 8.52. The van der Waals surface area contributed by atoms with Crippen LogP contribution in [0.5, 0.6) is 0 Å². The number of carbonyl (C=O) groups is 1. The van der Waals surface area contributed by atoms with Crippen LogP contribution < -0.4 is 0 Å². The highest BCUT2D eigenvalue weighted by molar-refractivity contribution is 9.09. The minimum atomic E-state index is -0.858. The zero-order valence-electron chi connectivity index (χ0n) is 10.4. The Morgan fingerprint density at radius 1 is 1.56 bits per heavy atom. The number of rotatable bonds is 4. The molecule has 1 aromatic heterocycles. The summed E-state index contributed by atoms with van der Waals surface area (Å²) in [5, 5.41) is 8.99. The van der Waals surface area contributed by atoms with Crippen molar-refractivity contribution < 1.29 is 9.90 Å². The minimum Gasteiger partial charge on any atom is -0.480 e. The summed E-state index contributed by atoms with van der Waals surface area (Å²) in [6.45, 7) is 3.97. The lowest BCUT2D eigenvalue weighted by atomic mass is 10.1. The largest absolute Gasteiger partial charge is 0.480 e. The number of aliphatic carboxylic acids is 1. The molecule has 0 bridgehead atoms. The number of aromatic nitrogens is 2. The highest BCUT2D eigenvalue weighted by Gasteiger charge is 2.16. The van der Waals surface area contributed by atoms with Gasteiger partial charge in [0.05, 0.1) is 15.9 Å². The van der Waals surface area contributed by atoms with E-state index < -0.39 is 5.97 Å². The molecule has 0 aliphatic rings. The first-order valence-electron chi connectivity index (χ1n) is 5.87. The van der Waals surface area contributed by atoms with Crippen molar-refractivity contribution in [3.63, 3.8) is 0 Å². The van der Waals surface area contributed by atoms with Crippen molar-refractivity contribution in [2.75, 3.05) is 0 Å². The highest BCUT2D eigenvalue weighted by atomic mass is 79.9. The van der Waals surface area contributed by atoms with Gasteiger partial charge in [-0.3, -0.25) is 4.79 Å². The van der Waals surface area contributed by atoms with Gasteiger partial charge in [0.15, 0.2) is 0 Å². The molecule has 0 saturated carbocycles. The van der Waals surface area contributed by atoms with Crippen LogP contribution in [0.4, 0.5) is 0 Å². The monoisotopic (exact) mass is 310 g/mol. The number of benzene rings is 1. The smallest absolute Gasteiger partial charge is 0.323 e. The number of hydrogen-bond acceptors (Lipinski definition) is 2. The molecule has 0 spiro atoms. The van der Waals surface area contributed by atoms with Gasteiger partial charge in [-0.25, -0.2) is 4.98 Å². The molecule has 18 heavy (non-hydrogen) atoms. The number of carboxylic acids is 1. The number of halogens is 1. The number of imidazole rings is 1. The molecule has 2 aromatic rings. The summed E-state index contributed by atoms with van der Waals surface area (Å²) >= 11 is 3.46. The molecule has 0 amide bonds. The standard InChI is InChI=1S/C13H15BrN2O2/c1-3-9-4-5-11-10(6-9)15-13(8(2)14)16(11)7-12(17)18/h4-6,8H,3,7H2,1-2H3,(H,17,18). The van der Waals surface area contributed by atoms with E-state index in [0.717, 1.165) is 23.3 Å². The van der Waals surface area contributed by atoms with Crippen molar-refractivity contribution >= 4 is 32.9 Å². The summed E-state index contributed by atoms with van der Waals surface area (Å²) in [6, 6.07) is 5.99. The van der Waals surface area contributed by atoms with Gasteiger partial charge in [-0.15, -0.1) is 0 Å². The summed E-state index contributed by atoms with van der Waals surface area (Å²) < 4.78 is 1.75.